The summed E-state index contributed by atoms with van der Waals surface area (Å²) in [4.78, 5) is 12.3. The van der Waals surface area contributed by atoms with Crippen LogP contribution in [-0.4, -0.2) is 12.6 Å². The van der Waals surface area contributed by atoms with Crippen molar-refractivity contribution in [1.29, 1.82) is 0 Å². The molecule has 2 aromatic rings. The number of carbonyl (C=O) groups is 1. The molecule has 0 unspecified atom stereocenters. The van der Waals surface area contributed by atoms with Crippen molar-refractivity contribution in [1.82, 2.24) is 0 Å². The lowest BCUT2D eigenvalue weighted by Crippen LogP contribution is -2.19. The van der Waals surface area contributed by atoms with E-state index in [2.05, 4.69) is 0 Å². The first kappa shape index (κ1) is 20.2. The standard InChI is InChI=1S/C21H21F2NO3/c1-2-26-21(25)18(17(24)13-15-9-5-3-6-10-15)19(20(22)23)27-14-16-11-7-4-8-12-16/h3-12H,2,13-14,24H2,1H3/b18-17-. The quantitative estimate of drug-likeness (QED) is 0.324. The van der Waals surface area contributed by atoms with E-state index in [1.807, 2.05) is 6.07 Å². The molecule has 0 saturated carbocycles. The van der Waals surface area contributed by atoms with Crippen molar-refractivity contribution in [3.05, 3.63) is 94.9 Å². The van der Waals surface area contributed by atoms with Crippen molar-refractivity contribution < 1.29 is 23.0 Å². The summed E-state index contributed by atoms with van der Waals surface area (Å²) in [5, 5.41) is 0. The third-order valence-corrected chi connectivity index (χ3v) is 3.66. The number of halogens is 2. The second-order valence-corrected chi connectivity index (χ2v) is 5.65. The van der Waals surface area contributed by atoms with Crippen LogP contribution in [0.2, 0.25) is 0 Å². The highest BCUT2D eigenvalue weighted by Gasteiger charge is 2.26. The Morgan fingerprint density at radius 3 is 2.00 bits per heavy atom. The molecule has 0 amide bonds. The normalized spacial score (nSPS) is 11.4. The van der Waals surface area contributed by atoms with E-state index in [1.54, 1.807) is 61.5 Å². The maximum absolute atomic E-state index is 13.6. The van der Waals surface area contributed by atoms with E-state index in [1.165, 1.54) is 0 Å². The molecule has 0 aliphatic heterocycles. The molecule has 2 aromatic carbocycles. The summed E-state index contributed by atoms with van der Waals surface area (Å²) in [7, 11) is 0. The summed E-state index contributed by atoms with van der Waals surface area (Å²) in [6.07, 6.45) is -2.02. The Bertz CT molecular complexity index is 814. The lowest BCUT2D eigenvalue weighted by molar-refractivity contribution is -0.138. The highest BCUT2D eigenvalue weighted by atomic mass is 19.3. The number of allylic oxidation sites excluding steroid dienone is 1. The van der Waals surface area contributed by atoms with Crippen molar-refractivity contribution in [2.45, 2.75) is 20.0 Å². The molecule has 27 heavy (non-hydrogen) atoms. The average Bonchev–Trinajstić information content (AvgIpc) is 2.66. The van der Waals surface area contributed by atoms with Crippen molar-refractivity contribution in [2.24, 2.45) is 5.73 Å². The maximum atomic E-state index is 13.6. The largest absolute Gasteiger partial charge is 0.483 e. The van der Waals surface area contributed by atoms with E-state index in [0.29, 0.717) is 5.56 Å². The van der Waals surface area contributed by atoms with Gasteiger partial charge >= 0.3 is 12.0 Å². The Kier molecular flexibility index (Phi) is 7.55. The molecule has 6 heteroatoms. The summed E-state index contributed by atoms with van der Waals surface area (Å²) in [6.45, 7) is 1.48. The fourth-order valence-electron chi connectivity index (χ4n) is 2.43. The summed E-state index contributed by atoms with van der Waals surface area (Å²) in [5.74, 6) is -1.80. The molecule has 0 heterocycles. The number of hydrogen-bond donors (Lipinski definition) is 1. The zero-order valence-electron chi connectivity index (χ0n) is 15.0. The van der Waals surface area contributed by atoms with Crippen LogP contribution in [0.5, 0.6) is 0 Å². The third kappa shape index (κ3) is 5.95. The highest BCUT2D eigenvalue weighted by Crippen LogP contribution is 2.25. The van der Waals surface area contributed by atoms with Gasteiger partial charge in [0.25, 0.3) is 0 Å². The van der Waals surface area contributed by atoms with Gasteiger partial charge in [-0.2, -0.15) is 8.78 Å². The molecule has 4 nitrogen and oxygen atoms in total. The van der Waals surface area contributed by atoms with Gasteiger partial charge in [0.1, 0.15) is 12.2 Å². The SMILES string of the molecule is CCOC(=O)/C(C(OCc1ccccc1)=C(F)F)=C(\N)Cc1ccccc1. The first-order valence-corrected chi connectivity index (χ1v) is 8.45. The lowest BCUT2D eigenvalue weighted by Gasteiger charge is -2.15. The fourth-order valence-corrected chi connectivity index (χ4v) is 2.43. The predicted molar refractivity (Wildman–Crippen MR) is 98.5 cm³/mol. The van der Waals surface area contributed by atoms with Crippen LogP contribution >= 0.6 is 0 Å². The highest BCUT2D eigenvalue weighted by molar-refractivity contribution is 5.93. The number of carbonyl (C=O) groups excluding carboxylic acids is 1. The molecule has 0 bridgehead atoms. The number of rotatable bonds is 8. The average molecular weight is 373 g/mol. The van der Waals surface area contributed by atoms with Crippen LogP contribution in [-0.2, 0) is 27.3 Å². The predicted octanol–water partition coefficient (Wildman–Crippen LogP) is 4.33. The maximum Gasteiger partial charge on any atom is 0.343 e. The first-order chi connectivity index (χ1) is 13.0. The molecule has 0 fully saturated rings. The number of hydrogen-bond acceptors (Lipinski definition) is 4. The lowest BCUT2D eigenvalue weighted by atomic mass is 10.0. The second kappa shape index (κ2) is 10.1. The van der Waals surface area contributed by atoms with Gasteiger partial charge in [-0.25, -0.2) is 4.79 Å². The van der Waals surface area contributed by atoms with Crippen LogP contribution < -0.4 is 5.73 Å². The Balaban J connectivity index is 2.35. The van der Waals surface area contributed by atoms with E-state index in [9.17, 15) is 13.6 Å². The zero-order valence-corrected chi connectivity index (χ0v) is 15.0. The van der Waals surface area contributed by atoms with Crippen LogP contribution in [0.1, 0.15) is 18.1 Å². The Labute approximate surface area is 156 Å². The van der Waals surface area contributed by atoms with Crippen molar-refractivity contribution in [3.8, 4) is 0 Å². The van der Waals surface area contributed by atoms with E-state index >= 15 is 0 Å². The van der Waals surface area contributed by atoms with Gasteiger partial charge in [0, 0.05) is 12.1 Å². The van der Waals surface area contributed by atoms with Gasteiger partial charge in [-0.05, 0) is 18.1 Å². The number of ether oxygens (including phenoxy) is 2. The van der Waals surface area contributed by atoms with Crippen molar-refractivity contribution in [2.75, 3.05) is 6.61 Å². The summed E-state index contributed by atoms with van der Waals surface area (Å²) < 4.78 is 37.4. The van der Waals surface area contributed by atoms with E-state index < -0.39 is 23.4 Å². The van der Waals surface area contributed by atoms with Gasteiger partial charge in [-0.3, -0.25) is 0 Å². The Morgan fingerprint density at radius 1 is 0.926 bits per heavy atom. The summed E-state index contributed by atoms with van der Waals surface area (Å²) in [6, 6.07) is 17.8. The topological polar surface area (TPSA) is 61.5 Å². The van der Waals surface area contributed by atoms with Crippen LogP contribution in [0.4, 0.5) is 8.78 Å². The summed E-state index contributed by atoms with van der Waals surface area (Å²) >= 11 is 0. The smallest absolute Gasteiger partial charge is 0.343 e. The van der Waals surface area contributed by atoms with Crippen LogP contribution in [0.25, 0.3) is 0 Å². The minimum absolute atomic E-state index is 0.0286. The van der Waals surface area contributed by atoms with Crippen LogP contribution in [0.15, 0.2) is 83.8 Å². The minimum Gasteiger partial charge on any atom is -0.483 e. The van der Waals surface area contributed by atoms with Crippen molar-refractivity contribution in [3.63, 3.8) is 0 Å². The van der Waals surface area contributed by atoms with Gasteiger partial charge in [0.15, 0.2) is 0 Å². The molecular formula is C21H21F2NO3. The van der Waals surface area contributed by atoms with Gasteiger partial charge in [-0.1, -0.05) is 60.7 Å². The third-order valence-electron chi connectivity index (χ3n) is 3.66. The molecule has 0 spiro atoms. The Morgan fingerprint density at radius 2 is 1.48 bits per heavy atom. The van der Waals surface area contributed by atoms with Gasteiger partial charge in [0.2, 0.25) is 5.76 Å². The number of esters is 1. The summed E-state index contributed by atoms with van der Waals surface area (Å²) in [5.41, 5.74) is 6.98. The zero-order chi connectivity index (χ0) is 19.6. The molecule has 0 aliphatic carbocycles. The van der Waals surface area contributed by atoms with Crippen LogP contribution in [0, 0.1) is 0 Å². The van der Waals surface area contributed by atoms with E-state index in [-0.39, 0.29) is 25.3 Å². The van der Waals surface area contributed by atoms with Gasteiger partial charge in [-0.15, -0.1) is 0 Å². The minimum atomic E-state index is -2.13. The fraction of sp³-hybridized carbons (Fsp3) is 0.190. The molecule has 142 valence electrons. The van der Waals surface area contributed by atoms with Gasteiger partial charge < -0.3 is 15.2 Å². The molecule has 0 saturated heterocycles. The monoisotopic (exact) mass is 373 g/mol. The molecule has 0 radical (unpaired) electrons. The molecular weight excluding hydrogens is 352 g/mol. The second-order valence-electron chi connectivity index (χ2n) is 5.65. The van der Waals surface area contributed by atoms with Crippen molar-refractivity contribution >= 4 is 5.97 Å². The molecule has 0 atom stereocenters. The van der Waals surface area contributed by atoms with Crippen LogP contribution in [0.3, 0.4) is 0 Å². The molecule has 0 aromatic heterocycles. The molecule has 0 aliphatic rings. The number of benzene rings is 2. The van der Waals surface area contributed by atoms with E-state index in [4.69, 9.17) is 15.2 Å². The molecule has 2 rings (SSSR count). The van der Waals surface area contributed by atoms with Gasteiger partial charge in [0.05, 0.1) is 6.61 Å². The number of nitrogens with two attached hydrogens (primary N) is 1. The Hall–Kier alpha value is -3.15. The first-order valence-electron chi connectivity index (χ1n) is 8.45. The van der Waals surface area contributed by atoms with E-state index in [0.717, 1.165) is 5.56 Å². The molecule has 2 N–H and O–H groups in total.